The van der Waals surface area contributed by atoms with Crippen LogP contribution in [0.5, 0.6) is 0 Å². The van der Waals surface area contributed by atoms with Gasteiger partial charge in [-0.25, -0.2) is 9.78 Å². The number of rotatable bonds is 0. The van der Waals surface area contributed by atoms with E-state index in [-0.39, 0.29) is 11.8 Å². The third-order valence-corrected chi connectivity index (χ3v) is 6.12. The van der Waals surface area contributed by atoms with Crippen LogP contribution in [0, 0.1) is 23.7 Å². The molecule has 5 heteroatoms. The van der Waals surface area contributed by atoms with Gasteiger partial charge in [0.05, 0.1) is 0 Å². The Morgan fingerprint density at radius 1 is 1.05 bits per heavy atom. The van der Waals surface area contributed by atoms with Gasteiger partial charge in [0.1, 0.15) is 0 Å². The van der Waals surface area contributed by atoms with Crippen LogP contribution in [-0.4, -0.2) is 29.1 Å². The van der Waals surface area contributed by atoms with Crippen LogP contribution in [0.3, 0.4) is 0 Å². The largest absolute Gasteiger partial charge is 0.368 e. The summed E-state index contributed by atoms with van der Waals surface area (Å²) in [6.45, 7) is 6.22. The summed E-state index contributed by atoms with van der Waals surface area (Å²) in [7, 11) is 0. The van der Waals surface area contributed by atoms with Crippen molar-refractivity contribution in [2.75, 3.05) is 0 Å². The third-order valence-electron chi connectivity index (χ3n) is 6.12. The monoisotopic (exact) mass is 284 g/mol. The van der Waals surface area contributed by atoms with Gasteiger partial charge in [0.15, 0.2) is 18.2 Å². The number of hydrogen-bond acceptors (Lipinski definition) is 5. The van der Waals surface area contributed by atoms with Gasteiger partial charge in [-0.05, 0) is 38.0 Å². The van der Waals surface area contributed by atoms with Gasteiger partial charge in [0.2, 0.25) is 5.79 Å². The number of aliphatic hydroxyl groups is 1. The maximum absolute atomic E-state index is 10.2. The average molecular weight is 284 g/mol. The van der Waals surface area contributed by atoms with E-state index in [1.807, 2.05) is 13.8 Å². The summed E-state index contributed by atoms with van der Waals surface area (Å²) in [6, 6.07) is 0. The maximum atomic E-state index is 10.2. The van der Waals surface area contributed by atoms with E-state index in [0.29, 0.717) is 11.8 Å². The molecule has 0 unspecified atom stereocenters. The van der Waals surface area contributed by atoms with Gasteiger partial charge in [-0.15, -0.1) is 0 Å². The number of hydrogen-bond donors (Lipinski definition) is 1. The predicted molar refractivity (Wildman–Crippen MR) is 69.0 cm³/mol. The lowest BCUT2D eigenvalue weighted by Gasteiger charge is -2.59. The van der Waals surface area contributed by atoms with Crippen LogP contribution in [0.1, 0.15) is 46.5 Å². The molecule has 8 atom stereocenters. The van der Waals surface area contributed by atoms with E-state index < -0.39 is 24.0 Å². The molecule has 0 radical (unpaired) electrons. The van der Waals surface area contributed by atoms with E-state index in [9.17, 15) is 5.11 Å². The van der Waals surface area contributed by atoms with E-state index in [4.69, 9.17) is 19.2 Å². The first-order chi connectivity index (χ1) is 9.46. The van der Waals surface area contributed by atoms with Gasteiger partial charge in [0.25, 0.3) is 0 Å². The second-order valence-corrected chi connectivity index (χ2v) is 7.30. The summed E-state index contributed by atoms with van der Waals surface area (Å²) < 4.78 is 11.9. The minimum atomic E-state index is -0.781. The van der Waals surface area contributed by atoms with Crippen molar-refractivity contribution in [2.24, 2.45) is 23.7 Å². The summed E-state index contributed by atoms with van der Waals surface area (Å²) in [6.07, 6.45) is 2.72. The molecule has 1 N–H and O–H groups in total. The van der Waals surface area contributed by atoms with Crippen molar-refractivity contribution in [2.45, 2.75) is 70.4 Å². The first-order valence-electron chi connectivity index (χ1n) is 7.84. The molecule has 4 saturated heterocycles. The van der Waals surface area contributed by atoms with Crippen LogP contribution in [0.2, 0.25) is 0 Å². The van der Waals surface area contributed by atoms with Crippen LogP contribution in [0.4, 0.5) is 0 Å². The molecule has 0 aromatic rings. The summed E-state index contributed by atoms with van der Waals surface area (Å²) in [4.78, 5) is 11.6. The minimum Gasteiger partial charge on any atom is -0.368 e. The van der Waals surface area contributed by atoms with Crippen molar-refractivity contribution in [3.05, 3.63) is 0 Å². The SMILES string of the molecule is C[C@H]1[C@H](O)O[C@H]2O[C@@]3(C)CC[C@H]4[C@H](C)CC[C@H]1[C@]24OO3. The molecule has 0 aromatic heterocycles. The highest BCUT2D eigenvalue weighted by molar-refractivity contribution is 5.08. The molecule has 5 fully saturated rings. The molecule has 1 spiro atoms. The second-order valence-electron chi connectivity index (χ2n) is 7.30. The van der Waals surface area contributed by atoms with Crippen molar-refractivity contribution in [1.82, 2.24) is 0 Å². The van der Waals surface area contributed by atoms with Crippen LogP contribution in [-0.2, 0) is 19.2 Å². The molecule has 2 bridgehead atoms. The summed E-state index contributed by atoms with van der Waals surface area (Å²) >= 11 is 0. The van der Waals surface area contributed by atoms with Crippen LogP contribution in [0.15, 0.2) is 0 Å². The fourth-order valence-electron chi connectivity index (χ4n) is 4.89. The Morgan fingerprint density at radius 3 is 2.65 bits per heavy atom. The van der Waals surface area contributed by atoms with Gasteiger partial charge >= 0.3 is 0 Å². The zero-order valence-corrected chi connectivity index (χ0v) is 12.4. The maximum Gasteiger partial charge on any atom is 0.201 e. The molecule has 5 rings (SSSR count). The normalized spacial score (nSPS) is 61.8. The predicted octanol–water partition coefficient (Wildman–Crippen LogP) is 2.19. The number of fused-ring (bicyclic) bond motifs is 2. The Labute approximate surface area is 119 Å². The van der Waals surface area contributed by atoms with E-state index in [1.165, 1.54) is 6.42 Å². The van der Waals surface area contributed by atoms with Gasteiger partial charge in [0, 0.05) is 18.3 Å². The Bertz CT molecular complexity index is 411. The fourth-order valence-corrected chi connectivity index (χ4v) is 4.89. The van der Waals surface area contributed by atoms with E-state index in [1.54, 1.807) is 0 Å². The van der Waals surface area contributed by atoms with E-state index >= 15 is 0 Å². The molecule has 1 saturated carbocycles. The van der Waals surface area contributed by atoms with Crippen molar-refractivity contribution in [3.8, 4) is 0 Å². The molecule has 114 valence electrons. The standard InChI is InChI=1S/C15H24O5/c1-8-4-5-11-9(2)12(16)17-13-15(11)10(8)6-7-14(3,18-13)19-20-15/h8-13,16H,4-7H2,1-3H3/t8-,9-,10+,11-,12-,13+,14-,15+/m1/s1. The Morgan fingerprint density at radius 2 is 1.85 bits per heavy atom. The lowest BCUT2D eigenvalue weighted by Crippen LogP contribution is -2.70. The number of aliphatic hydroxyl groups excluding tert-OH is 1. The van der Waals surface area contributed by atoms with Crippen molar-refractivity contribution in [3.63, 3.8) is 0 Å². The topological polar surface area (TPSA) is 57.2 Å². The Balaban J connectivity index is 1.82. The van der Waals surface area contributed by atoms with E-state index in [0.717, 1.165) is 19.3 Å². The molecule has 5 nitrogen and oxygen atoms in total. The van der Waals surface area contributed by atoms with Crippen molar-refractivity contribution in [1.29, 1.82) is 0 Å². The molecule has 4 aliphatic heterocycles. The first-order valence-corrected chi connectivity index (χ1v) is 7.84. The third kappa shape index (κ3) is 1.56. The fraction of sp³-hybridized carbons (Fsp3) is 1.00. The summed E-state index contributed by atoms with van der Waals surface area (Å²) in [5, 5.41) is 10.2. The average Bonchev–Trinajstić information content (AvgIpc) is 2.63. The molecule has 5 aliphatic rings. The lowest BCUT2D eigenvalue weighted by molar-refractivity contribution is -0.576. The van der Waals surface area contributed by atoms with Gasteiger partial charge in [-0.1, -0.05) is 13.8 Å². The van der Waals surface area contributed by atoms with Crippen LogP contribution >= 0.6 is 0 Å². The molecule has 4 heterocycles. The Kier molecular flexibility index (Phi) is 2.81. The molecule has 20 heavy (non-hydrogen) atoms. The zero-order chi connectivity index (χ0) is 14.1. The van der Waals surface area contributed by atoms with Gasteiger partial charge in [-0.2, -0.15) is 0 Å². The molecular weight excluding hydrogens is 260 g/mol. The minimum absolute atomic E-state index is 0.0379. The van der Waals surface area contributed by atoms with Crippen LogP contribution < -0.4 is 0 Å². The van der Waals surface area contributed by atoms with E-state index in [2.05, 4.69) is 6.92 Å². The van der Waals surface area contributed by atoms with Crippen molar-refractivity contribution < 1.29 is 24.4 Å². The smallest absolute Gasteiger partial charge is 0.201 e. The van der Waals surface area contributed by atoms with Crippen LogP contribution in [0.25, 0.3) is 0 Å². The first kappa shape index (κ1) is 13.5. The highest BCUT2D eigenvalue weighted by Crippen LogP contribution is 2.60. The zero-order valence-electron chi connectivity index (χ0n) is 12.4. The second kappa shape index (κ2) is 4.17. The molecule has 1 aliphatic carbocycles. The van der Waals surface area contributed by atoms with Crippen molar-refractivity contribution >= 4 is 0 Å². The summed E-state index contributed by atoms with van der Waals surface area (Å²) in [5.74, 6) is 0.437. The molecule has 0 amide bonds. The molecule has 0 aromatic carbocycles. The summed E-state index contributed by atoms with van der Waals surface area (Å²) in [5.41, 5.74) is -0.549. The van der Waals surface area contributed by atoms with Gasteiger partial charge in [-0.3, -0.25) is 0 Å². The highest BCUT2D eigenvalue weighted by atomic mass is 17.3. The molecular formula is C15H24O5. The lowest BCUT2D eigenvalue weighted by atomic mass is 9.58. The number of ether oxygens (including phenoxy) is 2. The van der Waals surface area contributed by atoms with Gasteiger partial charge < -0.3 is 14.6 Å². The highest BCUT2D eigenvalue weighted by Gasteiger charge is 2.69. The quantitative estimate of drug-likeness (QED) is 0.691. The Hall–Kier alpha value is -0.200.